The van der Waals surface area contributed by atoms with Gasteiger partial charge in [-0.25, -0.2) is 0 Å². The van der Waals surface area contributed by atoms with E-state index in [0.717, 1.165) is 17.4 Å². The SMILES string of the molecule is O=CC1OC(Cc2ccccc2)OC2C1OC1OC(Cc3ccccc3)OC12. The molecule has 7 atom stereocenters. The highest BCUT2D eigenvalue weighted by Crippen LogP contribution is 2.40. The molecule has 3 aliphatic heterocycles. The van der Waals surface area contributed by atoms with Gasteiger partial charge in [0.25, 0.3) is 0 Å². The first kappa shape index (κ1) is 18.0. The van der Waals surface area contributed by atoms with Crippen LogP contribution in [0.3, 0.4) is 0 Å². The Bertz CT molecular complexity index is 797. The van der Waals surface area contributed by atoms with Gasteiger partial charge in [-0.05, 0) is 11.1 Å². The van der Waals surface area contributed by atoms with Crippen LogP contribution in [-0.4, -0.2) is 49.6 Å². The zero-order chi connectivity index (χ0) is 18.9. The molecular formula is C22H22O6. The minimum Gasteiger partial charge on any atom is -0.343 e. The van der Waals surface area contributed by atoms with Crippen LogP contribution in [0.25, 0.3) is 0 Å². The Hall–Kier alpha value is -2.09. The van der Waals surface area contributed by atoms with Gasteiger partial charge in [-0.15, -0.1) is 0 Å². The lowest BCUT2D eigenvalue weighted by molar-refractivity contribution is -0.286. The van der Waals surface area contributed by atoms with E-state index >= 15 is 0 Å². The molecule has 3 saturated heterocycles. The van der Waals surface area contributed by atoms with E-state index < -0.39 is 37.2 Å². The average Bonchev–Trinajstić information content (AvgIpc) is 3.27. The predicted molar refractivity (Wildman–Crippen MR) is 98.3 cm³/mol. The van der Waals surface area contributed by atoms with Gasteiger partial charge in [-0.3, -0.25) is 0 Å². The summed E-state index contributed by atoms with van der Waals surface area (Å²) in [6.07, 6.45) is -1.49. The fourth-order valence-corrected chi connectivity index (χ4v) is 4.05. The van der Waals surface area contributed by atoms with Gasteiger partial charge in [-0.1, -0.05) is 60.7 Å². The van der Waals surface area contributed by atoms with Gasteiger partial charge in [0, 0.05) is 12.8 Å². The number of ether oxygens (including phenoxy) is 5. The molecule has 6 nitrogen and oxygen atoms in total. The molecule has 3 heterocycles. The van der Waals surface area contributed by atoms with Crippen molar-refractivity contribution in [2.45, 2.75) is 56.1 Å². The number of fused-ring (bicyclic) bond motifs is 3. The molecule has 3 aliphatic rings. The van der Waals surface area contributed by atoms with Gasteiger partial charge < -0.3 is 28.5 Å². The second-order valence-electron chi connectivity index (χ2n) is 7.28. The van der Waals surface area contributed by atoms with Crippen LogP contribution in [0.1, 0.15) is 11.1 Å². The third kappa shape index (κ3) is 3.50. The van der Waals surface area contributed by atoms with Gasteiger partial charge in [0.05, 0.1) is 0 Å². The van der Waals surface area contributed by atoms with Crippen LogP contribution in [0.5, 0.6) is 0 Å². The largest absolute Gasteiger partial charge is 0.343 e. The molecule has 2 aromatic carbocycles. The summed E-state index contributed by atoms with van der Waals surface area (Å²) < 4.78 is 29.9. The van der Waals surface area contributed by atoms with Crippen molar-refractivity contribution in [3.8, 4) is 0 Å². The Morgan fingerprint density at radius 3 is 1.82 bits per heavy atom. The Morgan fingerprint density at radius 1 is 0.643 bits per heavy atom. The zero-order valence-corrected chi connectivity index (χ0v) is 15.3. The maximum atomic E-state index is 11.6. The molecule has 0 N–H and O–H groups in total. The summed E-state index contributed by atoms with van der Waals surface area (Å²) in [5, 5.41) is 0. The van der Waals surface area contributed by atoms with E-state index in [1.165, 1.54) is 0 Å². The summed E-state index contributed by atoms with van der Waals surface area (Å²) in [5.74, 6) is 0. The third-order valence-electron chi connectivity index (χ3n) is 5.37. The van der Waals surface area contributed by atoms with E-state index in [2.05, 4.69) is 0 Å². The molecule has 0 bridgehead atoms. The summed E-state index contributed by atoms with van der Waals surface area (Å²) in [5.41, 5.74) is 2.21. The highest BCUT2D eigenvalue weighted by Gasteiger charge is 2.58. The molecule has 0 aromatic heterocycles. The molecule has 7 unspecified atom stereocenters. The normalized spacial score (nSPS) is 36.6. The molecule has 3 fully saturated rings. The fourth-order valence-electron chi connectivity index (χ4n) is 4.05. The first-order chi connectivity index (χ1) is 13.8. The highest BCUT2D eigenvalue weighted by molar-refractivity contribution is 5.58. The van der Waals surface area contributed by atoms with Gasteiger partial charge in [-0.2, -0.15) is 0 Å². The van der Waals surface area contributed by atoms with Crippen molar-refractivity contribution >= 4 is 6.29 Å². The fraction of sp³-hybridized carbons (Fsp3) is 0.409. The standard InChI is InChI=1S/C22H22O6/c23-13-16-19-20(25-17(24-16)11-14-7-3-1-4-8-14)21-22(28-19)27-18(26-21)12-15-9-5-2-6-10-15/h1-10,13,16-22H,11-12H2. The van der Waals surface area contributed by atoms with Gasteiger partial charge >= 0.3 is 0 Å². The van der Waals surface area contributed by atoms with Crippen LogP contribution in [0.4, 0.5) is 0 Å². The summed E-state index contributed by atoms with van der Waals surface area (Å²) in [4.78, 5) is 11.6. The Balaban J connectivity index is 1.27. The van der Waals surface area contributed by atoms with Crippen molar-refractivity contribution in [2.24, 2.45) is 0 Å². The number of hydrogen-bond acceptors (Lipinski definition) is 6. The maximum absolute atomic E-state index is 11.6. The van der Waals surface area contributed by atoms with Crippen LogP contribution in [-0.2, 0) is 41.3 Å². The van der Waals surface area contributed by atoms with E-state index in [1.54, 1.807) is 0 Å². The van der Waals surface area contributed by atoms with Crippen LogP contribution in [0.2, 0.25) is 0 Å². The van der Waals surface area contributed by atoms with Crippen molar-refractivity contribution in [1.82, 2.24) is 0 Å². The summed E-state index contributed by atoms with van der Waals surface area (Å²) in [6.45, 7) is 0. The predicted octanol–water partition coefficient (Wildman–Crippen LogP) is 2.25. The van der Waals surface area contributed by atoms with E-state index in [-0.39, 0.29) is 6.10 Å². The number of aldehydes is 1. The Labute approximate surface area is 163 Å². The van der Waals surface area contributed by atoms with Crippen LogP contribution < -0.4 is 0 Å². The third-order valence-corrected chi connectivity index (χ3v) is 5.37. The average molecular weight is 382 g/mol. The lowest BCUT2D eigenvalue weighted by atomic mass is 10.0. The van der Waals surface area contributed by atoms with Crippen molar-refractivity contribution < 1.29 is 28.5 Å². The minimum absolute atomic E-state index is 0.372. The minimum atomic E-state index is -0.696. The molecule has 5 rings (SSSR count). The summed E-state index contributed by atoms with van der Waals surface area (Å²) >= 11 is 0. The topological polar surface area (TPSA) is 63.2 Å². The van der Waals surface area contributed by atoms with E-state index in [9.17, 15) is 4.79 Å². The molecule has 146 valence electrons. The lowest BCUT2D eigenvalue weighted by Gasteiger charge is -2.37. The first-order valence-electron chi connectivity index (χ1n) is 9.60. The Kier molecular flexibility index (Phi) is 4.96. The first-order valence-corrected chi connectivity index (χ1v) is 9.60. The monoisotopic (exact) mass is 382 g/mol. The quantitative estimate of drug-likeness (QED) is 0.739. The summed E-state index contributed by atoms with van der Waals surface area (Å²) in [6, 6.07) is 19.9. The molecule has 0 spiro atoms. The number of rotatable bonds is 5. The van der Waals surface area contributed by atoms with Gasteiger partial charge in [0.15, 0.2) is 25.2 Å². The van der Waals surface area contributed by atoms with Gasteiger partial charge in [0.1, 0.15) is 24.4 Å². The molecule has 28 heavy (non-hydrogen) atoms. The molecule has 6 heteroatoms. The maximum Gasteiger partial charge on any atom is 0.190 e. The number of carbonyl (C=O) groups is 1. The van der Waals surface area contributed by atoms with Crippen LogP contribution >= 0.6 is 0 Å². The Morgan fingerprint density at radius 2 is 1.21 bits per heavy atom. The molecule has 2 aromatic rings. The zero-order valence-electron chi connectivity index (χ0n) is 15.3. The molecule has 0 radical (unpaired) electrons. The van der Waals surface area contributed by atoms with Crippen molar-refractivity contribution in [1.29, 1.82) is 0 Å². The number of hydrogen-bond donors (Lipinski definition) is 0. The highest BCUT2D eigenvalue weighted by atomic mass is 16.8. The van der Waals surface area contributed by atoms with Crippen molar-refractivity contribution in [3.63, 3.8) is 0 Å². The van der Waals surface area contributed by atoms with Crippen molar-refractivity contribution in [2.75, 3.05) is 0 Å². The van der Waals surface area contributed by atoms with E-state index in [4.69, 9.17) is 23.7 Å². The number of benzene rings is 2. The second kappa shape index (κ2) is 7.73. The lowest BCUT2D eigenvalue weighted by Crippen LogP contribution is -2.52. The smallest absolute Gasteiger partial charge is 0.190 e. The molecular weight excluding hydrogens is 360 g/mol. The second-order valence-corrected chi connectivity index (χ2v) is 7.28. The van der Waals surface area contributed by atoms with Crippen LogP contribution in [0.15, 0.2) is 60.7 Å². The molecule has 0 aliphatic carbocycles. The summed E-state index contributed by atoms with van der Waals surface area (Å²) in [7, 11) is 0. The number of carbonyl (C=O) groups excluding carboxylic acids is 1. The van der Waals surface area contributed by atoms with E-state index in [1.807, 2.05) is 60.7 Å². The van der Waals surface area contributed by atoms with Crippen LogP contribution in [0, 0.1) is 0 Å². The van der Waals surface area contributed by atoms with Gasteiger partial charge in [0.2, 0.25) is 0 Å². The van der Waals surface area contributed by atoms with E-state index in [0.29, 0.717) is 12.8 Å². The van der Waals surface area contributed by atoms with Crippen molar-refractivity contribution in [3.05, 3.63) is 71.8 Å². The molecule has 0 amide bonds. The molecule has 0 saturated carbocycles.